The quantitative estimate of drug-likeness (QED) is 0.904. The zero-order valence-electron chi connectivity index (χ0n) is 14.2. The fraction of sp³-hybridized carbons (Fsp3) is 0.368. The molecule has 6 heteroatoms. The van der Waals surface area contributed by atoms with Gasteiger partial charge in [-0.05, 0) is 41.8 Å². The van der Waals surface area contributed by atoms with Gasteiger partial charge >= 0.3 is 5.97 Å². The molecule has 3 rings (SSSR count). The highest BCUT2D eigenvalue weighted by molar-refractivity contribution is 5.75. The van der Waals surface area contributed by atoms with Gasteiger partial charge in [0, 0.05) is 45.1 Å². The predicted octanol–water partition coefficient (Wildman–Crippen LogP) is 2.47. The summed E-state index contributed by atoms with van der Waals surface area (Å²) in [4.78, 5) is 20.1. The molecule has 0 radical (unpaired) electrons. The molecule has 1 aliphatic heterocycles. The van der Waals surface area contributed by atoms with Crippen LogP contribution in [0.4, 0.5) is 4.39 Å². The molecule has 1 N–H and O–H groups in total. The smallest absolute Gasteiger partial charge is 0.325 e. The van der Waals surface area contributed by atoms with Crippen LogP contribution in [0.5, 0.6) is 0 Å². The first-order valence-corrected chi connectivity index (χ1v) is 8.38. The maximum absolute atomic E-state index is 13.7. The van der Waals surface area contributed by atoms with Crippen LogP contribution in [0, 0.1) is 12.7 Å². The summed E-state index contributed by atoms with van der Waals surface area (Å²) in [6, 6.07) is 7.63. The van der Waals surface area contributed by atoms with Crippen molar-refractivity contribution < 1.29 is 14.3 Å². The molecule has 0 spiro atoms. The van der Waals surface area contributed by atoms with Gasteiger partial charge in [0.15, 0.2) is 0 Å². The van der Waals surface area contributed by atoms with E-state index in [-0.39, 0.29) is 0 Å². The number of rotatable bonds is 5. The molecule has 1 aromatic heterocycles. The van der Waals surface area contributed by atoms with Crippen molar-refractivity contribution in [3.8, 4) is 0 Å². The minimum Gasteiger partial charge on any atom is -0.480 e. The van der Waals surface area contributed by atoms with E-state index in [9.17, 15) is 14.3 Å². The molecule has 1 fully saturated rings. The third-order valence-corrected chi connectivity index (χ3v) is 4.52. The number of carboxylic acids is 1. The summed E-state index contributed by atoms with van der Waals surface area (Å²) in [5.41, 5.74) is 2.38. The Morgan fingerprint density at radius 3 is 2.64 bits per heavy atom. The molecule has 2 aromatic rings. The standard InChI is InChI=1S/C19H22FN3O2/c1-14-9-16(11-17(20)10-14)18(19(24)25)23-7-5-22(6-8-23)13-15-3-2-4-21-12-15/h2-4,9-12,18H,5-8,13H2,1H3,(H,24,25)/t18-/m1/s1. The zero-order valence-corrected chi connectivity index (χ0v) is 14.2. The number of aliphatic carboxylic acids is 1. The maximum Gasteiger partial charge on any atom is 0.325 e. The average molecular weight is 343 g/mol. The van der Waals surface area contributed by atoms with E-state index in [1.165, 1.54) is 12.1 Å². The molecule has 0 aliphatic carbocycles. The van der Waals surface area contributed by atoms with Crippen LogP contribution in [0.3, 0.4) is 0 Å². The molecule has 1 aromatic carbocycles. The van der Waals surface area contributed by atoms with Crippen LogP contribution < -0.4 is 0 Å². The third-order valence-electron chi connectivity index (χ3n) is 4.52. The number of piperazine rings is 1. The lowest BCUT2D eigenvalue weighted by molar-refractivity contribution is -0.144. The number of carbonyl (C=O) groups is 1. The van der Waals surface area contributed by atoms with Crippen molar-refractivity contribution in [2.45, 2.75) is 19.5 Å². The van der Waals surface area contributed by atoms with Crippen LogP contribution in [0.2, 0.25) is 0 Å². The summed E-state index contributed by atoms with van der Waals surface area (Å²) in [6.07, 6.45) is 3.60. The second-order valence-corrected chi connectivity index (χ2v) is 6.48. The Hall–Kier alpha value is -2.31. The van der Waals surface area contributed by atoms with E-state index in [2.05, 4.69) is 9.88 Å². The number of benzene rings is 1. The van der Waals surface area contributed by atoms with E-state index in [0.29, 0.717) is 18.7 Å². The predicted molar refractivity (Wildman–Crippen MR) is 92.6 cm³/mol. The monoisotopic (exact) mass is 343 g/mol. The van der Waals surface area contributed by atoms with Crippen molar-refractivity contribution >= 4 is 5.97 Å². The Morgan fingerprint density at radius 2 is 2.04 bits per heavy atom. The highest BCUT2D eigenvalue weighted by Gasteiger charge is 2.30. The van der Waals surface area contributed by atoms with Gasteiger partial charge in [0.2, 0.25) is 0 Å². The Kier molecular flexibility index (Phi) is 5.40. The molecule has 132 valence electrons. The summed E-state index contributed by atoms with van der Waals surface area (Å²) < 4.78 is 13.7. The molecule has 0 saturated carbocycles. The molecule has 1 atom stereocenters. The minimum atomic E-state index is -0.939. The Bertz CT molecular complexity index is 710. The van der Waals surface area contributed by atoms with E-state index in [1.54, 1.807) is 19.2 Å². The topological polar surface area (TPSA) is 56.7 Å². The summed E-state index contributed by atoms with van der Waals surface area (Å²) in [7, 11) is 0. The number of nitrogens with zero attached hydrogens (tertiary/aromatic N) is 3. The van der Waals surface area contributed by atoms with Gasteiger partial charge < -0.3 is 5.11 Å². The average Bonchev–Trinajstić information content (AvgIpc) is 2.56. The van der Waals surface area contributed by atoms with Crippen molar-refractivity contribution in [2.75, 3.05) is 26.2 Å². The van der Waals surface area contributed by atoms with Crippen LogP contribution in [0.25, 0.3) is 0 Å². The summed E-state index contributed by atoms with van der Waals surface area (Å²) in [5.74, 6) is -1.33. The number of hydrogen-bond donors (Lipinski definition) is 1. The Balaban J connectivity index is 1.68. The van der Waals surface area contributed by atoms with Gasteiger partial charge in [-0.25, -0.2) is 4.39 Å². The zero-order chi connectivity index (χ0) is 17.8. The SMILES string of the molecule is Cc1cc(F)cc([C@H](C(=O)O)N2CCN(Cc3cccnc3)CC2)c1. The van der Waals surface area contributed by atoms with Crippen LogP contribution in [-0.2, 0) is 11.3 Å². The maximum atomic E-state index is 13.7. The number of hydrogen-bond acceptors (Lipinski definition) is 4. The highest BCUT2D eigenvalue weighted by Crippen LogP contribution is 2.25. The van der Waals surface area contributed by atoms with E-state index in [0.717, 1.165) is 30.8 Å². The first kappa shape index (κ1) is 17.5. The summed E-state index contributed by atoms with van der Waals surface area (Å²) >= 11 is 0. The first-order valence-electron chi connectivity index (χ1n) is 8.38. The van der Waals surface area contributed by atoms with E-state index in [1.807, 2.05) is 23.2 Å². The number of aromatic nitrogens is 1. The van der Waals surface area contributed by atoms with Crippen LogP contribution >= 0.6 is 0 Å². The van der Waals surface area contributed by atoms with Gasteiger partial charge in [-0.15, -0.1) is 0 Å². The van der Waals surface area contributed by atoms with Crippen molar-refractivity contribution in [3.05, 3.63) is 65.2 Å². The first-order chi connectivity index (χ1) is 12.0. The molecule has 1 aliphatic rings. The van der Waals surface area contributed by atoms with Crippen molar-refractivity contribution in [1.82, 2.24) is 14.8 Å². The Morgan fingerprint density at radius 1 is 1.28 bits per heavy atom. The van der Waals surface area contributed by atoms with Gasteiger partial charge in [-0.2, -0.15) is 0 Å². The lowest BCUT2D eigenvalue weighted by atomic mass is 10.0. The van der Waals surface area contributed by atoms with Gasteiger partial charge in [0.05, 0.1) is 0 Å². The lowest BCUT2D eigenvalue weighted by Crippen LogP contribution is -2.48. The fourth-order valence-corrected chi connectivity index (χ4v) is 3.36. The molecule has 0 bridgehead atoms. The second kappa shape index (κ2) is 7.72. The summed E-state index contributed by atoms with van der Waals surface area (Å²) in [6.45, 7) is 5.38. The molecule has 0 unspecified atom stereocenters. The molecular weight excluding hydrogens is 321 g/mol. The molecule has 5 nitrogen and oxygen atoms in total. The van der Waals surface area contributed by atoms with Gasteiger partial charge in [0.25, 0.3) is 0 Å². The fourth-order valence-electron chi connectivity index (χ4n) is 3.36. The minimum absolute atomic E-state index is 0.392. The largest absolute Gasteiger partial charge is 0.480 e. The van der Waals surface area contributed by atoms with Gasteiger partial charge in [-0.3, -0.25) is 19.6 Å². The van der Waals surface area contributed by atoms with Gasteiger partial charge in [0.1, 0.15) is 11.9 Å². The highest BCUT2D eigenvalue weighted by atomic mass is 19.1. The molecule has 2 heterocycles. The number of halogens is 1. The molecule has 25 heavy (non-hydrogen) atoms. The lowest BCUT2D eigenvalue weighted by Gasteiger charge is -2.37. The molecular formula is C19H22FN3O2. The van der Waals surface area contributed by atoms with Crippen molar-refractivity contribution in [1.29, 1.82) is 0 Å². The normalized spacial score (nSPS) is 17.4. The van der Waals surface area contributed by atoms with Crippen LogP contribution in [0.1, 0.15) is 22.7 Å². The van der Waals surface area contributed by atoms with Crippen LogP contribution in [-0.4, -0.2) is 52.0 Å². The second-order valence-electron chi connectivity index (χ2n) is 6.48. The third kappa shape index (κ3) is 4.41. The van der Waals surface area contributed by atoms with Crippen molar-refractivity contribution in [2.24, 2.45) is 0 Å². The Labute approximate surface area is 146 Å². The summed E-state index contributed by atoms with van der Waals surface area (Å²) in [5, 5.41) is 9.68. The van der Waals surface area contributed by atoms with Crippen LogP contribution in [0.15, 0.2) is 42.7 Å². The van der Waals surface area contributed by atoms with E-state index < -0.39 is 17.8 Å². The number of carboxylic acid groups (broad SMARTS) is 1. The molecule has 1 saturated heterocycles. The van der Waals surface area contributed by atoms with E-state index >= 15 is 0 Å². The number of pyridine rings is 1. The van der Waals surface area contributed by atoms with Gasteiger partial charge in [-0.1, -0.05) is 12.1 Å². The number of aryl methyl sites for hydroxylation is 1. The van der Waals surface area contributed by atoms with Crippen molar-refractivity contribution in [3.63, 3.8) is 0 Å². The molecule has 0 amide bonds. The van der Waals surface area contributed by atoms with E-state index in [4.69, 9.17) is 0 Å².